The Kier molecular flexibility index (Phi) is 3.17. The summed E-state index contributed by atoms with van der Waals surface area (Å²) >= 11 is 5.62. The maximum atomic E-state index is 12.4. The molecular weight excluding hydrogens is 200 g/mol. The van der Waals surface area contributed by atoms with Gasteiger partial charge < -0.3 is 5.11 Å². The lowest BCUT2D eigenvalue weighted by Gasteiger charge is -2.09. The van der Waals surface area contributed by atoms with Crippen molar-refractivity contribution in [2.24, 2.45) is 0 Å². The number of aryl methyl sites for hydroxylation is 1. The first-order chi connectivity index (χ1) is 6.07. The van der Waals surface area contributed by atoms with Crippen LogP contribution in [0, 0.1) is 6.92 Å². The fourth-order valence-electron chi connectivity index (χ4n) is 0.999. The second kappa shape index (κ2) is 3.98. The molecule has 0 aromatic carbocycles. The highest BCUT2D eigenvalue weighted by atomic mass is 35.5. The number of rotatable bonds is 2. The van der Waals surface area contributed by atoms with Gasteiger partial charge in [-0.25, -0.2) is 8.78 Å². The minimum Gasteiger partial charge on any atom is -0.392 e. The van der Waals surface area contributed by atoms with Crippen LogP contribution in [0.3, 0.4) is 0 Å². The first-order valence-electron chi connectivity index (χ1n) is 3.60. The summed E-state index contributed by atoms with van der Waals surface area (Å²) in [6.07, 6.45) is -1.47. The lowest BCUT2D eigenvalue weighted by molar-refractivity contribution is 0.147. The van der Waals surface area contributed by atoms with Crippen molar-refractivity contribution < 1.29 is 13.9 Å². The highest BCUT2D eigenvalue weighted by Gasteiger charge is 2.18. The standard InChI is InChI=1S/C8H8ClF2NO/c1-4-7(9)6(8(10)11)5(3-13)2-12-4/h2,8,13H,3H2,1H3. The number of hydrogen-bond acceptors (Lipinski definition) is 2. The lowest BCUT2D eigenvalue weighted by Crippen LogP contribution is -1.99. The molecule has 72 valence electrons. The molecule has 0 bridgehead atoms. The molecule has 1 rings (SSSR count). The van der Waals surface area contributed by atoms with Gasteiger partial charge in [0, 0.05) is 17.3 Å². The zero-order valence-corrected chi connectivity index (χ0v) is 7.65. The number of aliphatic hydroxyl groups is 1. The summed E-state index contributed by atoms with van der Waals surface area (Å²) in [6.45, 7) is 1.06. The summed E-state index contributed by atoms with van der Waals surface area (Å²) in [5.41, 5.74) is 0.0939. The molecule has 0 saturated carbocycles. The molecule has 0 atom stereocenters. The Hall–Kier alpha value is -0.740. The van der Waals surface area contributed by atoms with E-state index in [1.54, 1.807) is 0 Å². The smallest absolute Gasteiger partial charge is 0.265 e. The SMILES string of the molecule is Cc1ncc(CO)c(C(F)F)c1Cl. The first-order valence-corrected chi connectivity index (χ1v) is 3.98. The fraction of sp³-hybridized carbons (Fsp3) is 0.375. The van der Waals surface area contributed by atoms with Crippen LogP contribution in [0.25, 0.3) is 0 Å². The van der Waals surface area contributed by atoms with E-state index in [9.17, 15) is 8.78 Å². The molecule has 1 aromatic heterocycles. The molecule has 0 radical (unpaired) electrons. The zero-order valence-electron chi connectivity index (χ0n) is 6.89. The van der Waals surface area contributed by atoms with Gasteiger partial charge in [0.05, 0.1) is 17.3 Å². The maximum Gasteiger partial charge on any atom is 0.265 e. The molecule has 0 aliphatic heterocycles. The van der Waals surface area contributed by atoms with E-state index in [-0.39, 0.29) is 16.1 Å². The van der Waals surface area contributed by atoms with Crippen molar-refractivity contribution in [3.8, 4) is 0 Å². The van der Waals surface area contributed by atoms with E-state index < -0.39 is 13.0 Å². The monoisotopic (exact) mass is 207 g/mol. The van der Waals surface area contributed by atoms with E-state index in [1.165, 1.54) is 13.1 Å². The quantitative estimate of drug-likeness (QED) is 0.808. The second-order valence-electron chi connectivity index (χ2n) is 2.56. The number of aromatic nitrogens is 1. The van der Waals surface area contributed by atoms with Gasteiger partial charge in [-0.3, -0.25) is 4.98 Å². The molecular formula is C8H8ClF2NO. The molecule has 0 spiro atoms. The van der Waals surface area contributed by atoms with Gasteiger partial charge in [-0.15, -0.1) is 0 Å². The minimum absolute atomic E-state index is 0.0680. The summed E-state index contributed by atoms with van der Waals surface area (Å²) in [7, 11) is 0. The minimum atomic E-state index is -2.68. The average molecular weight is 208 g/mol. The Morgan fingerprint density at radius 1 is 1.62 bits per heavy atom. The van der Waals surface area contributed by atoms with Crippen LogP contribution in [0.4, 0.5) is 8.78 Å². The number of halogens is 3. The molecule has 1 aromatic rings. The van der Waals surface area contributed by atoms with Gasteiger partial charge in [-0.1, -0.05) is 11.6 Å². The summed E-state index contributed by atoms with van der Waals surface area (Å²) < 4.78 is 24.9. The van der Waals surface area contributed by atoms with E-state index in [2.05, 4.69) is 4.98 Å². The van der Waals surface area contributed by atoms with Crippen LogP contribution in [0.5, 0.6) is 0 Å². The molecule has 0 fully saturated rings. The molecule has 5 heteroatoms. The maximum absolute atomic E-state index is 12.4. The number of pyridine rings is 1. The van der Waals surface area contributed by atoms with Crippen molar-refractivity contribution in [1.29, 1.82) is 0 Å². The van der Waals surface area contributed by atoms with Gasteiger partial charge in [0.25, 0.3) is 6.43 Å². The van der Waals surface area contributed by atoms with Gasteiger partial charge in [0.1, 0.15) is 0 Å². The summed E-state index contributed by atoms with van der Waals surface area (Å²) in [4.78, 5) is 3.77. The normalized spacial score (nSPS) is 10.9. The zero-order chi connectivity index (χ0) is 10.0. The van der Waals surface area contributed by atoms with Crippen LogP contribution < -0.4 is 0 Å². The molecule has 13 heavy (non-hydrogen) atoms. The Morgan fingerprint density at radius 2 is 2.23 bits per heavy atom. The van der Waals surface area contributed by atoms with E-state index in [0.29, 0.717) is 5.69 Å². The Balaban J connectivity index is 3.32. The third-order valence-corrected chi connectivity index (χ3v) is 2.18. The van der Waals surface area contributed by atoms with Gasteiger partial charge in [-0.05, 0) is 6.92 Å². The first kappa shape index (κ1) is 10.3. The number of hydrogen-bond donors (Lipinski definition) is 1. The van der Waals surface area contributed by atoms with Crippen molar-refractivity contribution in [2.75, 3.05) is 0 Å². The number of aliphatic hydroxyl groups excluding tert-OH is 1. The molecule has 0 aliphatic rings. The van der Waals surface area contributed by atoms with Crippen LogP contribution in [0.1, 0.15) is 23.2 Å². The summed E-state index contributed by atoms with van der Waals surface area (Å²) in [5, 5.41) is 8.68. The van der Waals surface area contributed by atoms with Crippen molar-refractivity contribution in [1.82, 2.24) is 4.98 Å². The fourth-order valence-corrected chi connectivity index (χ4v) is 1.25. The summed E-state index contributed by atoms with van der Waals surface area (Å²) in [5.74, 6) is 0. The van der Waals surface area contributed by atoms with E-state index in [1.807, 2.05) is 0 Å². The van der Waals surface area contributed by atoms with E-state index in [4.69, 9.17) is 16.7 Å². The van der Waals surface area contributed by atoms with Crippen LogP contribution in [0.15, 0.2) is 6.20 Å². The van der Waals surface area contributed by atoms with Crippen LogP contribution >= 0.6 is 11.6 Å². The highest BCUT2D eigenvalue weighted by Crippen LogP contribution is 2.31. The molecule has 0 aliphatic carbocycles. The Morgan fingerprint density at radius 3 is 2.69 bits per heavy atom. The van der Waals surface area contributed by atoms with Gasteiger partial charge >= 0.3 is 0 Å². The van der Waals surface area contributed by atoms with Crippen LogP contribution in [-0.2, 0) is 6.61 Å². The van der Waals surface area contributed by atoms with Gasteiger partial charge in [0.15, 0.2) is 0 Å². The van der Waals surface area contributed by atoms with E-state index in [0.717, 1.165) is 0 Å². The average Bonchev–Trinajstić information content (AvgIpc) is 2.08. The number of nitrogens with zero attached hydrogens (tertiary/aromatic N) is 1. The summed E-state index contributed by atoms with van der Waals surface area (Å²) in [6, 6.07) is 0. The second-order valence-corrected chi connectivity index (χ2v) is 2.93. The number of alkyl halides is 2. The highest BCUT2D eigenvalue weighted by molar-refractivity contribution is 6.32. The molecule has 1 N–H and O–H groups in total. The third kappa shape index (κ3) is 1.95. The molecule has 2 nitrogen and oxygen atoms in total. The van der Waals surface area contributed by atoms with Crippen LogP contribution in [0.2, 0.25) is 5.02 Å². The van der Waals surface area contributed by atoms with Crippen LogP contribution in [-0.4, -0.2) is 10.1 Å². The van der Waals surface area contributed by atoms with E-state index >= 15 is 0 Å². The lowest BCUT2D eigenvalue weighted by atomic mass is 10.1. The van der Waals surface area contributed by atoms with Gasteiger partial charge in [0.2, 0.25) is 0 Å². The molecule has 1 heterocycles. The Bertz CT molecular complexity index is 317. The van der Waals surface area contributed by atoms with Crippen molar-refractivity contribution in [3.05, 3.63) is 28.0 Å². The third-order valence-electron chi connectivity index (χ3n) is 1.70. The topological polar surface area (TPSA) is 33.1 Å². The largest absolute Gasteiger partial charge is 0.392 e. The van der Waals surface area contributed by atoms with Crippen molar-refractivity contribution in [2.45, 2.75) is 20.0 Å². The van der Waals surface area contributed by atoms with Crippen molar-refractivity contribution >= 4 is 11.6 Å². The molecule has 0 unspecified atom stereocenters. The van der Waals surface area contributed by atoms with Crippen molar-refractivity contribution in [3.63, 3.8) is 0 Å². The molecule has 0 saturated heterocycles. The van der Waals surface area contributed by atoms with Gasteiger partial charge in [-0.2, -0.15) is 0 Å². The molecule has 0 amide bonds. The predicted molar refractivity (Wildman–Crippen MR) is 44.9 cm³/mol. The predicted octanol–water partition coefficient (Wildman–Crippen LogP) is 2.47. The Labute approximate surface area is 79.2 Å².